The van der Waals surface area contributed by atoms with E-state index >= 15 is 0 Å². The Morgan fingerprint density at radius 2 is 2.00 bits per heavy atom. The van der Waals surface area contributed by atoms with Gasteiger partial charge in [0.25, 0.3) is 0 Å². The highest BCUT2D eigenvalue weighted by Crippen LogP contribution is 2.43. The lowest BCUT2D eigenvalue weighted by molar-refractivity contribution is -0.246. The van der Waals surface area contributed by atoms with Crippen LogP contribution in [0, 0.1) is 17.8 Å². The molecule has 0 aromatic heterocycles. The van der Waals surface area contributed by atoms with Crippen molar-refractivity contribution in [3.8, 4) is 0 Å². The van der Waals surface area contributed by atoms with Gasteiger partial charge in [-0.2, -0.15) is 0 Å². The Balaban J connectivity index is -0.000000234. The average molecular weight is 179 g/mol. The van der Waals surface area contributed by atoms with E-state index in [-0.39, 0.29) is 7.58 Å². The Morgan fingerprint density at radius 1 is 1.50 bits per heavy atom. The summed E-state index contributed by atoms with van der Waals surface area (Å²) < 4.78 is 0. The van der Waals surface area contributed by atoms with E-state index in [1.54, 1.807) is 0 Å². The highest BCUT2D eigenvalue weighted by molar-refractivity contribution is 4.87. The fourth-order valence-corrected chi connectivity index (χ4v) is 1.37. The molecule has 12 heavy (non-hydrogen) atoms. The molecule has 0 radical (unpaired) electrons. The highest BCUT2D eigenvalue weighted by Gasteiger charge is 2.39. The Bertz CT molecular complexity index is 102. The normalized spacial score (nSPS) is 25.5. The minimum Gasteiger partial charge on any atom is -0.344 e. The lowest BCUT2D eigenvalue weighted by Crippen LogP contribution is -1.98. The van der Waals surface area contributed by atoms with Gasteiger partial charge in [-0.05, 0) is 24.2 Å². The van der Waals surface area contributed by atoms with Crippen LogP contribution in [-0.2, 0) is 4.89 Å². The molecule has 1 rings (SSSR count). The highest BCUT2D eigenvalue weighted by atomic mass is 17.1. The largest absolute Gasteiger partial charge is 0.344 e. The van der Waals surface area contributed by atoms with Gasteiger partial charge in [0.15, 0.2) is 0 Å². The quantitative estimate of drug-likeness (QED) is 0.516. The van der Waals surface area contributed by atoms with Crippen LogP contribution in [0.25, 0.3) is 0 Å². The minimum atomic E-state index is 0. The molecule has 3 nitrogen and oxygen atoms in total. The summed E-state index contributed by atoms with van der Waals surface area (Å²) in [4.78, 5) is 4.05. The summed E-state index contributed by atoms with van der Waals surface area (Å²) in [6.45, 7) is 8.95. The maximum absolute atomic E-state index is 8.08. The summed E-state index contributed by atoms with van der Waals surface area (Å²) in [6, 6.07) is 0. The summed E-state index contributed by atoms with van der Waals surface area (Å²) in [7, 11) is 0. The van der Waals surface area contributed by atoms with Crippen molar-refractivity contribution >= 4 is 0 Å². The zero-order valence-corrected chi connectivity index (χ0v) is 8.71. The third-order valence-corrected chi connectivity index (χ3v) is 2.12. The van der Waals surface area contributed by atoms with Gasteiger partial charge in [-0.15, -0.1) is 0 Å². The third-order valence-electron chi connectivity index (χ3n) is 2.12. The number of rotatable bonds is 3. The molecular weight excluding hydrogens is 154 g/mol. The molecule has 0 aromatic rings. The first kappa shape index (κ1) is 14.4. The molecule has 2 atom stereocenters. The molecule has 4 N–H and O–H groups in total. The molecule has 0 bridgehead atoms. The van der Waals surface area contributed by atoms with E-state index in [1.807, 2.05) is 13.8 Å². The molecule has 0 unspecified atom stereocenters. The van der Waals surface area contributed by atoms with Crippen molar-refractivity contribution in [2.45, 2.75) is 34.1 Å². The van der Waals surface area contributed by atoms with Gasteiger partial charge < -0.3 is 6.15 Å². The molecule has 1 fully saturated rings. The summed E-state index contributed by atoms with van der Waals surface area (Å²) in [5, 5.41) is 8.08. The van der Waals surface area contributed by atoms with Crippen LogP contribution < -0.4 is 6.15 Å². The molecule has 0 saturated heterocycles. The predicted octanol–water partition coefficient (Wildman–Crippen LogP) is 3.20. The van der Waals surface area contributed by atoms with Crippen molar-refractivity contribution in [1.29, 1.82) is 0 Å². The molecule has 3 heteroatoms. The number of hydrogen-bond acceptors (Lipinski definition) is 3. The van der Waals surface area contributed by atoms with Crippen molar-refractivity contribution in [2.75, 3.05) is 6.61 Å². The Kier molecular flexibility index (Phi) is 9.03. The van der Waals surface area contributed by atoms with Crippen LogP contribution in [0.4, 0.5) is 0 Å². The van der Waals surface area contributed by atoms with Crippen molar-refractivity contribution in [3.63, 3.8) is 0 Å². The van der Waals surface area contributed by atoms with E-state index in [9.17, 15) is 0 Å². The molecule has 0 aliphatic heterocycles. The first-order chi connectivity index (χ1) is 5.25. The zero-order valence-electron chi connectivity index (χ0n) is 8.71. The molecule has 0 aromatic carbocycles. The van der Waals surface area contributed by atoms with Gasteiger partial charge in [-0.25, -0.2) is 4.89 Å². The second-order valence-corrected chi connectivity index (χ2v) is 3.20. The minimum absolute atomic E-state index is 0. The van der Waals surface area contributed by atoms with Gasteiger partial charge in [0, 0.05) is 1.43 Å². The van der Waals surface area contributed by atoms with E-state index in [4.69, 9.17) is 5.26 Å². The third kappa shape index (κ3) is 4.70. The van der Waals surface area contributed by atoms with Gasteiger partial charge >= 0.3 is 0 Å². The molecule has 78 valence electrons. The van der Waals surface area contributed by atoms with Crippen LogP contribution >= 0.6 is 0 Å². The molecule has 1 aliphatic carbocycles. The first-order valence-electron chi connectivity index (χ1n) is 4.52. The Labute approximate surface area is 77.1 Å². The van der Waals surface area contributed by atoms with Crippen LogP contribution in [0.2, 0.25) is 0 Å². The van der Waals surface area contributed by atoms with Crippen molar-refractivity contribution in [3.05, 3.63) is 0 Å². The standard InChI is InChI=1S/C7H14O2.C2H6.H3N.H2/c1-5(2)7-3-6(7)4-9-8;1-2;;/h5-8H,3-4H2,1-2H3;1-2H3;1H3;1H/t6-,7+;;;/m1.../s1. The predicted molar refractivity (Wildman–Crippen MR) is 53.5 cm³/mol. The van der Waals surface area contributed by atoms with E-state index in [1.165, 1.54) is 6.42 Å². The fraction of sp³-hybridized carbons (Fsp3) is 1.00. The summed E-state index contributed by atoms with van der Waals surface area (Å²) in [5.74, 6) is 2.19. The van der Waals surface area contributed by atoms with Crippen molar-refractivity contribution < 1.29 is 11.6 Å². The van der Waals surface area contributed by atoms with Gasteiger partial charge in [0.2, 0.25) is 0 Å². The second-order valence-electron chi connectivity index (χ2n) is 3.20. The van der Waals surface area contributed by atoms with E-state index < -0.39 is 0 Å². The van der Waals surface area contributed by atoms with Crippen LogP contribution in [0.1, 0.15) is 35.5 Å². The molecule has 0 heterocycles. The molecule has 0 amide bonds. The lowest BCUT2D eigenvalue weighted by Gasteiger charge is -1.99. The van der Waals surface area contributed by atoms with Crippen molar-refractivity contribution in [1.82, 2.24) is 6.15 Å². The first-order valence-corrected chi connectivity index (χ1v) is 4.52. The Morgan fingerprint density at radius 3 is 2.25 bits per heavy atom. The zero-order chi connectivity index (χ0) is 8.85. The summed E-state index contributed by atoms with van der Waals surface area (Å²) >= 11 is 0. The average Bonchev–Trinajstić information content (AvgIpc) is 2.73. The molecule has 1 saturated carbocycles. The Hall–Kier alpha value is -0.120. The topological polar surface area (TPSA) is 64.5 Å². The van der Waals surface area contributed by atoms with Gasteiger partial charge in [0.05, 0.1) is 6.61 Å². The molecular formula is C9H25NO2. The second kappa shape index (κ2) is 7.53. The maximum atomic E-state index is 8.08. The summed E-state index contributed by atoms with van der Waals surface area (Å²) in [6.07, 6.45) is 1.23. The monoisotopic (exact) mass is 179 g/mol. The van der Waals surface area contributed by atoms with Crippen LogP contribution in [0.15, 0.2) is 0 Å². The van der Waals surface area contributed by atoms with E-state index in [2.05, 4.69) is 18.7 Å². The van der Waals surface area contributed by atoms with E-state index in [0.717, 1.165) is 11.8 Å². The smallest absolute Gasteiger partial charge is 0.0850 e. The molecule has 1 aliphatic rings. The van der Waals surface area contributed by atoms with Crippen LogP contribution in [0.5, 0.6) is 0 Å². The van der Waals surface area contributed by atoms with Crippen LogP contribution in [-0.4, -0.2) is 11.9 Å². The van der Waals surface area contributed by atoms with Gasteiger partial charge in [-0.3, -0.25) is 5.26 Å². The fourth-order valence-electron chi connectivity index (χ4n) is 1.37. The number of hydrogen-bond donors (Lipinski definition) is 2. The maximum Gasteiger partial charge on any atom is 0.0850 e. The molecule has 0 spiro atoms. The van der Waals surface area contributed by atoms with Gasteiger partial charge in [-0.1, -0.05) is 27.7 Å². The van der Waals surface area contributed by atoms with Gasteiger partial charge in [0.1, 0.15) is 0 Å². The SMILES string of the molecule is CC.CC(C)[C@@H]1C[C@@H]1COO.N.[HH]. The lowest BCUT2D eigenvalue weighted by atomic mass is 10.1. The van der Waals surface area contributed by atoms with Crippen LogP contribution in [0.3, 0.4) is 0 Å². The van der Waals surface area contributed by atoms with E-state index in [0.29, 0.717) is 12.5 Å². The van der Waals surface area contributed by atoms with Crippen molar-refractivity contribution in [2.24, 2.45) is 17.8 Å². The summed E-state index contributed by atoms with van der Waals surface area (Å²) in [5.41, 5.74) is 0.